The van der Waals surface area contributed by atoms with E-state index in [4.69, 9.17) is 17.7 Å². The summed E-state index contributed by atoms with van der Waals surface area (Å²) < 4.78 is 57.3. The normalized spacial score (nSPS) is 26.5. The van der Waals surface area contributed by atoms with E-state index in [-0.39, 0.29) is 13.3 Å². The molecule has 0 saturated heterocycles. The minimum absolute atomic E-state index is 0.0296. The maximum Gasteiger partial charge on any atom is 0.231 e. The summed E-state index contributed by atoms with van der Waals surface area (Å²) in [5, 5.41) is 0.627. The van der Waals surface area contributed by atoms with E-state index in [1.807, 2.05) is 0 Å². The Labute approximate surface area is 98.9 Å². The highest BCUT2D eigenvalue weighted by molar-refractivity contribution is 5.44. The van der Waals surface area contributed by atoms with E-state index in [1.165, 1.54) is 12.1 Å². The van der Waals surface area contributed by atoms with Crippen molar-refractivity contribution in [2.75, 3.05) is 13.3 Å². The molecular weight excluding hydrogens is 190 g/mol. The molecule has 0 aliphatic carbocycles. The molecule has 1 N–H and O–H groups in total. The Balaban J connectivity index is 2.41. The van der Waals surface area contributed by atoms with Crippen molar-refractivity contribution in [2.45, 2.75) is 26.2 Å². The van der Waals surface area contributed by atoms with Crippen molar-refractivity contribution >= 4 is 0 Å². The molecule has 0 spiro atoms. The van der Waals surface area contributed by atoms with E-state index >= 15 is 0 Å². The molecule has 2 rings (SSSR count). The number of rotatable bonds is 4. The number of benzene rings is 1. The maximum absolute atomic E-state index is 8.23. The average Bonchev–Trinajstić information content (AvgIpc) is 2.90. The molecule has 1 aliphatic rings. The predicted molar refractivity (Wildman–Crippen MR) is 59.4 cm³/mol. The highest BCUT2D eigenvalue weighted by Crippen LogP contribution is 2.32. The van der Waals surface area contributed by atoms with Gasteiger partial charge < -0.3 is 14.8 Å². The molecule has 0 saturated carbocycles. The largest absolute Gasteiger partial charge is 0.454 e. The summed E-state index contributed by atoms with van der Waals surface area (Å²) in [5.74, 6) is 0.944. The SMILES string of the molecule is [2H]C(c1ccc2c(c1)OCO2)C([2H])(N([2H])CC)C([2H])([2H])[2H]. The van der Waals surface area contributed by atoms with E-state index in [9.17, 15) is 0 Å². The average molecular weight is 213 g/mol. The first kappa shape index (κ1) is 5.21. The van der Waals surface area contributed by atoms with Gasteiger partial charge in [-0.15, -0.1) is 0 Å². The van der Waals surface area contributed by atoms with Gasteiger partial charge in [0.1, 0.15) is 1.41 Å². The molecule has 15 heavy (non-hydrogen) atoms. The van der Waals surface area contributed by atoms with Gasteiger partial charge in [0, 0.05) is 12.9 Å². The molecule has 0 radical (unpaired) electrons. The third-order valence-corrected chi connectivity index (χ3v) is 2.03. The maximum atomic E-state index is 8.23. The van der Waals surface area contributed by atoms with Crippen LogP contribution in [0.15, 0.2) is 18.2 Å². The zero-order valence-electron chi connectivity index (χ0n) is 14.5. The summed E-state index contributed by atoms with van der Waals surface area (Å²) in [6, 6.07) is 2.25. The second-order valence-corrected chi connectivity index (χ2v) is 3.12. The first-order valence-electron chi connectivity index (χ1n) is 7.82. The first-order chi connectivity index (χ1) is 9.71. The summed E-state index contributed by atoms with van der Waals surface area (Å²) in [6.45, 7) is -1.12. The van der Waals surface area contributed by atoms with Gasteiger partial charge in [0.05, 0.1) is 0 Å². The fraction of sp³-hybridized carbons (Fsp3) is 0.500. The lowest BCUT2D eigenvalue weighted by Gasteiger charge is -2.12. The molecular formula is C12H17NO2. The Morgan fingerprint density at radius 1 is 1.67 bits per heavy atom. The second kappa shape index (κ2) is 4.53. The van der Waals surface area contributed by atoms with Crippen molar-refractivity contribution in [1.82, 2.24) is 5.31 Å². The lowest BCUT2D eigenvalue weighted by Crippen LogP contribution is -2.27. The van der Waals surface area contributed by atoms with Crippen molar-refractivity contribution in [3.05, 3.63) is 23.8 Å². The summed E-state index contributed by atoms with van der Waals surface area (Å²) in [7, 11) is 0. The minimum Gasteiger partial charge on any atom is -0.454 e. The highest BCUT2D eigenvalue weighted by atomic mass is 16.7. The van der Waals surface area contributed by atoms with Gasteiger partial charge in [0.15, 0.2) is 11.5 Å². The number of hydrogen-bond acceptors (Lipinski definition) is 3. The van der Waals surface area contributed by atoms with Crippen LogP contribution < -0.4 is 14.8 Å². The van der Waals surface area contributed by atoms with Gasteiger partial charge in [0.25, 0.3) is 0 Å². The predicted octanol–water partition coefficient (Wildman–Crippen LogP) is 1.96. The van der Waals surface area contributed by atoms with E-state index in [1.54, 1.807) is 13.0 Å². The molecule has 2 atom stereocenters. The Bertz CT molecular complexity index is 523. The molecule has 82 valence electrons. The summed E-state index contributed by atoms with van der Waals surface area (Å²) in [4.78, 5) is 0. The number of likely N-dealkylation sites (N-methyl/N-ethyl adjacent to an activating group) is 1. The monoisotopic (exact) mass is 213 g/mol. The quantitative estimate of drug-likeness (QED) is 0.829. The molecule has 1 aromatic rings. The molecule has 3 nitrogen and oxygen atoms in total. The topological polar surface area (TPSA) is 30.5 Å². The van der Waals surface area contributed by atoms with Crippen LogP contribution in [-0.2, 0) is 6.40 Å². The van der Waals surface area contributed by atoms with Crippen LogP contribution in [0.5, 0.6) is 11.5 Å². The third kappa shape index (κ3) is 2.42. The van der Waals surface area contributed by atoms with Gasteiger partial charge in [0.2, 0.25) is 6.79 Å². The van der Waals surface area contributed by atoms with Crippen molar-refractivity contribution in [3.63, 3.8) is 0 Å². The second-order valence-electron chi connectivity index (χ2n) is 3.12. The molecule has 1 aromatic carbocycles. The van der Waals surface area contributed by atoms with Gasteiger partial charge in [-0.3, -0.25) is 0 Å². The molecule has 0 bridgehead atoms. The highest BCUT2D eigenvalue weighted by Gasteiger charge is 2.13. The van der Waals surface area contributed by atoms with Crippen molar-refractivity contribution in [2.24, 2.45) is 0 Å². The van der Waals surface area contributed by atoms with Crippen LogP contribution in [0.2, 0.25) is 1.41 Å². The lowest BCUT2D eigenvalue weighted by atomic mass is 10.1. The summed E-state index contributed by atoms with van der Waals surface area (Å²) in [6.07, 6.45) is -1.45. The molecule has 1 aliphatic heterocycles. The van der Waals surface area contributed by atoms with Crippen molar-refractivity contribution in [3.8, 4) is 11.5 Å². The number of nitrogens with one attached hydrogen (secondary N) is 1. The van der Waals surface area contributed by atoms with Gasteiger partial charge in [-0.25, -0.2) is 0 Å². The van der Waals surface area contributed by atoms with Crippen LogP contribution in [0.25, 0.3) is 0 Å². The van der Waals surface area contributed by atoms with Crippen LogP contribution in [0.1, 0.15) is 26.2 Å². The number of ether oxygens (including phenoxy) is 2. The van der Waals surface area contributed by atoms with Gasteiger partial charge >= 0.3 is 0 Å². The zero-order valence-corrected chi connectivity index (χ0v) is 8.49. The van der Waals surface area contributed by atoms with Crippen molar-refractivity contribution < 1.29 is 17.7 Å². The standard InChI is InChI=1S/C12H17NO2/c1-3-13-9(2)6-10-4-5-11-12(7-10)15-8-14-11/h4-5,7,9,13H,3,6,8H2,1-2H3/i2D3,6D,9D/hD. The van der Waals surface area contributed by atoms with Crippen molar-refractivity contribution in [1.29, 1.82) is 0 Å². The molecule has 1 heterocycles. The molecule has 0 amide bonds. The molecule has 3 heteroatoms. The zero-order chi connectivity index (χ0) is 15.8. The van der Waals surface area contributed by atoms with Crippen LogP contribution in [0, 0.1) is 0 Å². The smallest absolute Gasteiger partial charge is 0.231 e. The van der Waals surface area contributed by atoms with E-state index in [2.05, 4.69) is 0 Å². The van der Waals surface area contributed by atoms with Gasteiger partial charge in [-0.1, -0.05) is 13.0 Å². The molecule has 2 unspecified atom stereocenters. The number of hydrogen-bond donors (Lipinski definition) is 1. The fourth-order valence-electron chi connectivity index (χ4n) is 1.38. The van der Waals surface area contributed by atoms with Crippen LogP contribution in [0.3, 0.4) is 0 Å². The molecule has 0 aromatic heterocycles. The number of fused-ring (bicyclic) bond motifs is 1. The van der Waals surface area contributed by atoms with E-state index < -0.39 is 19.3 Å². The summed E-state index contributed by atoms with van der Waals surface area (Å²) >= 11 is 0. The van der Waals surface area contributed by atoms with Crippen LogP contribution in [0.4, 0.5) is 0 Å². The Kier molecular flexibility index (Phi) is 1.58. The lowest BCUT2D eigenvalue weighted by molar-refractivity contribution is 0.174. The van der Waals surface area contributed by atoms with Gasteiger partial charge in [-0.05, 0) is 37.5 Å². The fourth-order valence-corrected chi connectivity index (χ4v) is 1.38. The third-order valence-electron chi connectivity index (χ3n) is 2.03. The van der Waals surface area contributed by atoms with Crippen LogP contribution >= 0.6 is 0 Å². The summed E-state index contributed by atoms with van der Waals surface area (Å²) in [5.41, 5.74) is 0.302. The van der Waals surface area contributed by atoms with E-state index in [0.717, 1.165) is 0 Å². The first-order valence-corrected chi connectivity index (χ1v) is 4.80. The Morgan fingerprint density at radius 2 is 2.53 bits per heavy atom. The minimum atomic E-state index is -2.80. The Morgan fingerprint density at radius 3 is 3.33 bits per heavy atom. The molecule has 0 fully saturated rings. The van der Waals surface area contributed by atoms with Crippen LogP contribution in [-0.4, -0.2) is 19.4 Å². The van der Waals surface area contributed by atoms with E-state index in [0.29, 0.717) is 22.4 Å². The Hall–Kier alpha value is -1.22. The van der Waals surface area contributed by atoms with Gasteiger partial charge in [-0.2, -0.15) is 0 Å².